The van der Waals surface area contributed by atoms with E-state index in [1.165, 1.54) is 5.56 Å². The minimum absolute atomic E-state index is 0.0270. The van der Waals surface area contributed by atoms with Gasteiger partial charge in [0.05, 0.1) is 11.9 Å². The first kappa shape index (κ1) is 10.9. The first-order valence-corrected chi connectivity index (χ1v) is 5.46. The summed E-state index contributed by atoms with van der Waals surface area (Å²) in [6.45, 7) is 6.10. The summed E-state index contributed by atoms with van der Waals surface area (Å²) in [7, 11) is 0. The average molecular weight is 215 g/mol. The number of aromatic nitrogens is 2. The summed E-state index contributed by atoms with van der Waals surface area (Å²) in [6, 6.07) is 8.34. The van der Waals surface area contributed by atoms with Crippen molar-refractivity contribution in [3.05, 3.63) is 47.3 Å². The second-order valence-electron chi connectivity index (χ2n) is 4.22. The van der Waals surface area contributed by atoms with Gasteiger partial charge in [-0.2, -0.15) is 5.10 Å². The maximum absolute atomic E-state index is 5.88. The highest BCUT2D eigenvalue weighted by Crippen LogP contribution is 2.18. The molecule has 3 nitrogen and oxygen atoms in total. The molecule has 0 radical (unpaired) electrons. The van der Waals surface area contributed by atoms with Gasteiger partial charge in [0.2, 0.25) is 0 Å². The Morgan fingerprint density at radius 1 is 1.19 bits per heavy atom. The fraction of sp³-hybridized carbons (Fsp3) is 0.308. The molecule has 0 saturated carbocycles. The van der Waals surface area contributed by atoms with Gasteiger partial charge in [-0.15, -0.1) is 0 Å². The Morgan fingerprint density at radius 2 is 1.81 bits per heavy atom. The van der Waals surface area contributed by atoms with Gasteiger partial charge >= 0.3 is 0 Å². The summed E-state index contributed by atoms with van der Waals surface area (Å²) in [6.07, 6.45) is 1.85. The molecule has 2 rings (SSSR count). The van der Waals surface area contributed by atoms with Gasteiger partial charge in [-0.3, -0.25) is 0 Å². The Morgan fingerprint density at radius 3 is 2.31 bits per heavy atom. The summed E-state index contributed by atoms with van der Waals surface area (Å²) in [4.78, 5) is 0. The zero-order valence-corrected chi connectivity index (χ0v) is 9.94. The summed E-state index contributed by atoms with van der Waals surface area (Å²) in [5.74, 6) is 0. The molecule has 16 heavy (non-hydrogen) atoms. The topological polar surface area (TPSA) is 43.8 Å². The van der Waals surface area contributed by atoms with Crippen LogP contribution in [0.3, 0.4) is 0 Å². The molecule has 0 saturated heterocycles. The quantitative estimate of drug-likeness (QED) is 0.836. The monoisotopic (exact) mass is 215 g/mol. The average Bonchev–Trinajstić information content (AvgIpc) is 2.61. The van der Waals surface area contributed by atoms with Gasteiger partial charge < -0.3 is 5.73 Å². The fourth-order valence-electron chi connectivity index (χ4n) is 1.82. The highest BCUT2D eigenvalue weighted by Gasteiger charge is 2.10. The van der Waals surface area contributed by atoms with Crippen molar-refractivity contribution in [2.24, 2.45) is 5.73 Å². The Balaban J connectivity index is 2.45. The molecule has 0 aliphatic heterocycles. The SMILES string of the molecule is Cc1ccc(-n2ncc([C@H](C)N)c2C)cc1. The van der Waals surface area contributed by atoms with Crippen LogP contribution in [0.4, 0.5) is 0 Å². The van der Waals surface area contributed by atoms with Crippen LogP contribution in [0.15, 0.2) is 30.5 Å². The van der Waals surface area contributed by atoms with E-state index in [9.17, 15) is 0 Å². The van der Waals surface area contributed by atoms with E-state index < -0.39 is 0 Å². The molecule has 0 bridgehead atoms. The van der Waals surface area contributed by atoms with E-state index in [2.05, 4.69) is 36.3 Å². The number of hydrogen-bond donors (Lipinski definition) is 1. The third-order valence-electron chi connectivity index (χ3n) is 2.82. The van der Waals surface area contributed by atoms with Crippen LogP contribution in [0.1, 0.15) is 29.8 Å². The van der Waals surface area contributed by atoms with Crippen LogP contribution < -0.4 is 5.73 Å². The number of aryl methyl sites for hydroxylation is 1. The molecule has 2 aromatic rings. The highest BCUT2D eigenvalue weighted by molar-refractivity contribution is 5.37. The molecule has 1 aromatic carbocycles. The molecule has 0 amide bonds. The van der Waals surface area contributed by atoms with Gasteiger partial charge in [0.15, 0.2) is 0 Å². The third kappa shape index (κ3) is 1.86. The van der Waals surface area contributed by atoms with E-state index >= 15 is 0 Å². The van der Waals surface area contributed by atoms with E-state index in [1.807, 2.05) is 24.7 Å². The summed E-state index contributed by atoms with van der Waals surface area (Å²) in [5.41, 5.74) is 10.4. The molecule has 0 spiro atoms. The molecule has 0 unspecified atom stereocenters. The first-order valence-electron chi connectivity index (χ1n) is 5.46. The van der Waals surface area contributed by atoms with Crippen molar-refractivity contribution in [1.82, 2.24) is 9.78 Å². The molecule has 2 N–H and O–H groups in total. The van der Waals surface area contributed by atoms with Gasteiger partial charge in [-0.05, 0) is 32.9 Å². The lowest BCUT2D eigenvalue weighted by atomic mass is 10.1. The van der Waals surface area contributed by atoms with Crippen molar-refractivity contribution in [2.45, 2.75) is 26.8 Å². The number of nitrogens with zero attached hydrogens (tertiary/aromatic N) is 2. The van der Waals surface area contributed by atoms with E-state index in [4.69, 9.17) is 5.73 Å². The lowest BCUT2D eigenvalue weighted by molar-refractivity contribution is 0.796. The van der Waals surface area contributed by atoms with Crippen molar-refractivity contribution >= 4 is 0 Å². The van der Waals surface area contributed by atoms with Crippen molar-refractivity contribution in [3.8, 4) is 5.69 Å². The van der Waals surface area contributed by atoms with Gasteiger partial charge in [-0.25, -0.2) is 4.68 Å². The van der Waals surface area contributed by atoms with Gasteiger partial charge in [0, 0.05) is 17.3 Å². The number of hydrogen-bond acceptors (Lipinski definition) is 2. The lowest BCUT2D eigenvalue weighted by Crippen LogP contribution is -2.07. The number of nitrogens with two attached hydrogens (primary N) is 1. The van der Waals surface area contributed by atoms with Crippen LogP contribution in [0.25, 0.3) is 5.69 Å². The second kappa shape index (κ2) is 4.10. The van der Waals surface area contributed by atoms with Crippen LogP contribution in [0, 0.1) is 13.8 Å². The van der Waals surface area contributed by atoms with Crippen LogP contribution in [-0.4, -0.2) is 9.78 Å². The van der Waals surface area contributed by atoms with Crippen LogP contribution in [-0.2, 0) is 0 Å². The van der Waals surface area contributed by atoms with Crippen LogP contribution in [0.5, 0.6) is 0 Å². The normalized spacial score (nSPS) is 12.8. The maximum Gasteiger partial charge on any atom is 0.0648 e. The van der Waals surface area contributed by atoms with Crippen LogP contribution in [0.2, 0.25) is 0 Å². The van der Waals surface area contributed by atoms with Gasteiger partial charge in [-0.1, -0.05) is 17.7 Å². The molecule has 0 aliphatic rings. The van der Waals surface area contributed by atoms with Gasteiger partial charge in [0.1, 0.15) is 0 Å². The van der Waals surface area contributed by atoms with E-state index in [-0.39, 0.29) is 6.04 Å². The summed E-state index contributed by atoms with van der Waals surface area (Å²) in [5, 5.41) is 4.37. The fourth-order valence-corrected chi connectivity index (χ4v) is 1.82. The zero-order chi connectivity index (χ0) is 11.7. The Kier molecular flexibility index (Phi) is 2.79. The van der Waals surface area contributed by atoms with Crippen molar-refractivity contribution < 1.29 is 0 Å². The van der Waals surface area contributed by atoms with Crippen molar-refractivity contribution in [2.75, 3.05) is 0 Å². The van der Waals surface area contributed by atoms with E-state index in [0.29, 0.717) is 0 Å². The summed E-state index contributed by atoms with van der Waals surface area (Å²) >= 11 is 0. The molecule has 1 heterocycles. The minimum Gasteiger partial charge on any atom is -0.324 e. The summed E-state index contributed by atoms with van der Waals surface area (Å²) < 4.78 is 1.93. The molecule has 3 heteroatoms. The Labute approximate surface area is 95.9 Å². The second-order valence-corrected chi connectivity index (χ2v) is 4.22. The highest BCUT2D eigenvalue weighted by atomic mass is 15.3. The van der Waals surface area contributed by atoms with Crippen LogP contribution >= 0.6 is 0 Å². The lowest BCUT2D eigenvalue weighted by Gasteiger charge is -2.07. The molecular weight excluding hydrogens is 198 g/mol. The molecule has 84 valence electrons. The zero-order valence-electron chi connectivity index (χ0n) is 9.94. The largest absolute Gasteiger partial charge is 0.324 e. The standard InChI is InChI=1S/C13H17N3/c1-9-4-6-12(7-5-9)16-11(3)13(8-15-16)10(2)14/h4-8,10H,14H2,1-3H3/t10-/m0/s1. The van der Waals surface area contributed by atoms with Crippen molar-refractivity contribution in [1.29, 1.82) is 0 Å². The molecule has 0 aliphatic carbocycles. The predicted molar refractivity (Wildman–Crippen MR) is 65.6 cm³/mol. The minimum atomic E-state index is 0.0270. The first-order chi connectivity index (χ1) is 7.59. The maximum atomic E-state index is 5.88. The predicted octanol–water partition coefficient (Wildman–Crippen LogP) is 2.51. The van der Waals surface area contributed by atoms with E-state index in [1.54, 1.807) is 0 Å². The number of benzene rings is 1. The molecule has 1 aromatic heterocycles. The van der Waals surface area contributed by atoms with E-state index in [0.717, 1.165) is 16.9 Å². The Bertz CT molecular complexity index is 480. The smallest absolute Gasteiger partial charge is 0.0648 e. The van der Waals surface area contributed by atoms with Crippen molar-refractivity contribution in [3.63, 3.8) is 0 Å². The molecular formula is C13H17N3. The Hall–Kier alpha value is -1.61. The van der Waals surface area contributed by atoms with Gasteiger partial charge in [0.25, 0.3) is 0 Å². The number of rotatable bonds is 2. The molecule has 1 atom stereocenters. The molecule has 0 fully saturated rings. The third-order valence-corrected chi connectivity index (χ3v) is 2.82.